The van der Waals surface area contributed by atoms with Gasteiger partial charge in [-0.1, -0.05) is 29.8 Å². The first-order valence-corrected chi connectivity index (χ1v) is 9.54. The molecule has 6 nitrogen and oxygen atoms in total. The van der Waals surface area contributed by atoms with Crippen LogP contribution in [-0.2, 0) is 4.79 Å². The quantitative estimate of drug-likeness (QED) is 0.429. The fourth-order valence-electron chi connectivity index (χ4n) is 2.68. The zero-order valence-corrected chi connectivity index (χ0v) is 16.5. The molecule has 1 N–H and O–H groups in total. The van der Waals surface area contributed by atoms with Crippen molar-refractivity contribution in [3.05, 3.63) is 102 Å². The van der Waals surface area contributed by atoms with Crippen LogP contribution >= 0.6 is 11.6 Å². The Bertz CT molecular complexity index is 1150. The zero-order valence-electron chi connectivity index (χ0n) is 15.8. The Morgan fingerprint density at radius 1 is 0.933 bits per heavy atom. The van der Waals surface area contributed by atoms with Crippen LogP contribution in [0.1, 0.15) is 5.56 Å². The van der Waals surface area contributed by atoms with Gasteiger partial charge in [-0.25, -0.2) is 0 Å². The highest BCUT2D eigenvalue weighted by molar-refractivity contribution is 6.32. The van der Waals surface area contributed by atoms with E-state index in [4.69, 9.17) is 16.3 Å². The molecule has 4 aromatic rings. The van der Waals surface area contributed by atoms with Gasteiger partial charge >= 0.3 is 0 Å². The summed E-state index contributed by atoms with van der Waals surface area (Å²) in [4.78, 5) is 12.1. The molecule has 0 radical (unpaired) electrons. The molecule has 2 aromatic heterocycles. The largest absolute Gasteiger partial charge is 0.438 e. The number of amides is 1. The topological polar surface area (TPSA) is 69.0 Å². The van der Waals surface area contributed by atoms with Gasteiger partial charge in [-0.15, -0.1) is 10.2 Å². The number of nitrogens with one attached hydrogen (secondary N) is 1. The van der Waals surface area contributed by atoms with E-state index in [-0.39, 0.29) is 5.91 Å². The van der Waals surface area contributed by atoms with E-state index >= 15 is 0 Å². The molecule has 30 heavy (non-hydrogen) atoms. The molecule has 148 valence electrons. The van der Waals surface area contributed by atoms with Crippen molar-refractivity contribution in [1.82, 2.24) is 14.8 Å². The molecule has 0 aliphatic rings. The lowest BCUT2D eigenvalue weighted by atomic mass is 10.2. The average molecular weight is 417 g/mol. The summed E-state index contributed by atoms with van der Waals surface area (Å²) in [7, 11) is 0. The zero-order chi connectivity index (χ0) is 20.8. The third-order valence-corrected chi connectivity index (χ3v) is 4.50. The van der Waals surface area contributed by atoms with Crippen LogP contribution in [0.25, 0.3) is 11.9 Å². The molecule has 2 aromatic carbocycles. The van der Waals surface area contributed by atoms with Gasteiger partial charge in [0, 0.05) is 35.2 Å². The van der Waals surface area contributed by atoms with E-state index in [1.54, 1.807) is 42.5 Å². The minimum atomic E-state index is -0.255. The maximum absolute atomic E-state index is 12.1. The van der Waals surface area contributed by atoms with E-state index in [1.165, 1.54) is 6.08 Å². The number of rotatable bonds is 6. The molecule has 2 heterocycles. The summed E-state index contributed by atoms with van der Waals surface area (Å²) in [5, 5.41) is 11.6. The van der Waals surface area contributed by atoms with Crippen molar-refractivity contribution in [1.29, 1.82) is 0 Å². The fraction of sp³-hybridized carbons (Fsp3) is 0. The minimum Gasteiger partial charge on any atom is -0.438 e. The molecule has 7 heteroatoms. The number of aromatic nitrogens is 3. The van der Waals surface area contributed by atoms with E-state index in [1.807, 2.05) is 53.4 Å². The average Bonchev–Trinajstić information content (AvgIpc) is 3.30. The molecule has 0 atom stereocenters. The van der Waals surface area contributed by atoms with Gasteiger partial charge in [0.15, 0.2) is 5.82 Å². The van der Waals surface area contributed by atoms with Crippen LogP contribution in [0.3, 0.4) is 0 Å². The molecule has 0 bridgehead atoms. The van der Waals surface area contributed by atoms with Crippen LogP contribution in [0.5, 0.6) is 11.6 Å². The maximum atomic E-state index is 12.1. The first-order valence-electron chi connectivity index (χ1n) is 9.16. The summed E-state index contributed by atoms with van der Waals surface area (Å²) in [6.45, 7) is 0. The number of carbonyl (C=O) groups is 1. The number of hydrogen-bond donors (Lipinski definition) is 1. The van der Waals surface area contributed by atoms with Crippen molar-refractivity contribution in [2.45, 2.75) is 0 Å². The number of benzene rings is 2. The highest BCUT2D eigenvalue weighted by atomic mass is 35.5. The first kappa shape index (κ1) is 19.4. The Kier molecular flexibility index (Phi) is 5.87. The summed E-state index contributed by atoms with van der Waals surface area (Å²) >= 11 is 6.08. The summed E-state index contributed by atoms with van der Waals surface area (Å²) in [6.07, 6.45) is 6.89. The Balaban J connectivity index is 1.35. The fourth-order valence-corrected chi connectivity index (χ4v) is 2.88. The highest BCUT2D eigenvalue weighted by Crippen LogP contribution is 2.22. The standard InChI is InChI=1S/C23H17ClN4O2/c24-20-6-2-1-5-17(20)7-13-22(29)25-18-8-10-19(11-9-18)30-23-14-12-21(26-27-23)28-15-3-4-16-28/h1-16H,(H,25,29)/b13-7+. The van der Waals surface area contributed by atoms with Crippen molar-refractivity contribution in [2.24, 2.45) is 0 Å². The molecular formula is C23H17ClN4O2. The predicted octanol–water partition coefficient (Wildman–Crippen LogP) is 5.36. The summed E-state index contributed by atoms with van der Waals surface area (Å²) in [5.74, 6) is 1.42. The van der Waals surface area contributed by atoms with Gasteiger partial charge in [-0.3, -0.25) is 4.79 Å². The molecule has 0 unspecified atom stereocenters. The summed E-state index contributed by atoms with van der Waals surface area (Å²) in [5.41, 5.74) is 1.42. The Morgan fingerprint density at radius 2 is 1.70 bits per heavy atom. The Hall–Kier alpha value is -3.90. The van der Waals surface area contributed by atoms with Crippen molar-refractivity contribution in [3.8, 4) is 17.4 Å². The van der Waals surface area contributed by atoms with Gasteiger partial charge in [0.05, 0.1) is 0 Å². The SMILES string of the molecule is O=C(/C=C/c1ccccc1Cl)Nc1ccc(Oc2ccc(-n3cccc3)nn2)cc1. The van der Waals surface area contributed by atoms with Crippen molar-refractivity contribution < 1.29 is 9.53 Å². The minimum absolute atomic E-state index is 0.255. The number of anilines is 1. The predicted molar refractivity (Wildman–Crippen MR) is 117 cm³/mol. The van der Waals surface area contributed by atoms with Crippen LogP contribution < -0.4 is 10.1 Å². The lowest BCUT2D eigenvalue weighted by Crippen LogP contribution is -2.07. The molecule has 0 saturated carbocycles. The highest BCUT2D eigenvalue weighted by Gasteiger charge is 2.04. The molecule has 0 aliphatic carbocycles. The van der Waals surface area contributed by atoms with Crippen molar-refractivity contribution in [2.75, 3.05) is 5.32 Å². The van der Waals surface area contributed by atoms with Crippen LogP contribution in [0.15, 0.2) is 91.3 Å². The summed E-state index contributed by atoms with van der Waals surface area (Å²) in [6, 6.07) is 21.7. The van der Waals surface area contributed by atoms with E-state index in [2.05, 4.69) is 15.5 Å². The van der Waals surface area contributed by atoms with Crippen LogP contribution in [-0.4, -0.2) is 20.7 Å². The third kappa shape index (κ3) is 4.92. The summed E-state index contributed by atoms with van der Waals surface area (Å²) < 4.78 is 7.56. The van der Waals surface area contributed by atoms with Crippen molar-refractivity contribution >= 4 is 29.3 Å². The Labute approximate surface area is 178 Å². The molecular weight excluding hydrogens is 400 g/mol. The van der Waals surface area contributed by atoms with Crippen LogP contribution in [0.4, 0.5) is 5.69 Å². The normalized spacial score (nSPS) is 10.8. The second-order valence-electron chi connectivity index (χ2n) is 6.29. The number of carbonyl (C=O) groups excluding carboxylic acids is 1. The molecule has 0 spiro atoms. The van der Waals surface area contributed by atoms with Crippen LogP contribution in [0.2, 0.25) is 5.02 Å². The van der Waals surface area contributed by atoms with Gasteiger partial charge in [0.1, 0.15) is 5.75 Å². The number of hydrogen-bond acceptors (Lipinski definition) is 4. The number of halogens is 1. The van der Waals surface area contributed by atoms with E-state index in [9.17, 15) is 4.79 Å². The van der Waals surface area contributed by atoms with Gasteiger partial charge in [-0.05, 0) is 60.2 Å². The molecule has 4 rings (SSSR count). The molecule has 0 aliphatic heterocycles. The monoisotopic (exact) mass is 416 g/mol. The first-order chi connectivity index (χ1) is 14.7. The number of nitrogens with zero attached hydrogens (tertiary/aromatic N) is 3. The van der Waals surface area contributed by atoms with Crippen molar-refractivity contribution in [3.63, 3.8) is 0 Å². The third-order valence-electron chi connectivity index (χ3n) is 4.16. The molecule has 0 fully saturated rings. The van der Waals surface area contributed by atoms with Gasteiger partial charge in [-0.2, -0.15) is 0 Å². The smallest absolute Gasteiger partial charge is 0.248 e. The maximum Gasteiger partial charge on any atom is 0.248 e. The number of ether oxygens (including phenoxy) is 1. The van der Waals surface area contributed by atoms with E-state index < -0.39 is 0 Å². The molecule has 1 amide bonds. The second-order valence-corrected chi connectivity index (χ2v) is 6.70. The van der Waals surface area contributed by atoms with Gasteiger partial charge < -0.3 is 14.6 Å². The van der Waals surface area contributed by atoms with Gasteiger partial charge in [0.2, 0.25) is 11.8 Å². The Morgan fingerprint density at radius 3 is 2.40 bits per heavy atom. The van der Waals surface area contributed by atoms with E-state index in [0.717, 1.165) is 5.56 Å². The second kappa shape index (κ2) is 9.07. The lowest BCUT2D eigenvalue weighted by molar-refractivity contribution is -0.111. The van der Waals surface area contributed by atoms with Gasteiger partial charge in [0.25, 0.3) is 0 Å². The van der Waals surface area contributed by atoms with Crippen LogP contribution in [0, 0.1) is 0 Å². The molecule has 0 saturated heterocycles. The van der Waals surface area contributed by atoms with E-state index in [0.29, 0.717) is 28.2 Å². The lowest BCUT2D eigenvalue weighted by Gasteiger charge is -2.07.